The molecule has 3 nitrogen and oxygen atoms in total. The largest absolute Gasteiger partial charge is 0.485 e. The van der Waals surface area contributed by atoms with Crippen molar-refractivity contribution in [2.24, 2.45) is 0 Å². The van der Waals surface area contributed by atoms with E-state index < -0.39 is 0 Å². The van der Waals surface area contributed by atoms with Gasteiger partial charge in [0.05, 0.1) is 11.0 Å². The van der Waals surface area contributed by atoms with Crippen LogP contribution in [0.2, 0.25) is 0 Å². The fraction of sp³-hybridized carbons (Fsp3) is 0.278. The molecular formula is C18H20N2O. The molecule has 3 rings (SSSR count). The van der Waals surface area contributed by atoms with Gasteiger partial charge < -0.3 is 9.72 Å². The summed E-state index contributed by atoms with van der Waals surface area (Å²) in [6.45, 7) is 6.90. The van der Waals surface area contributed by atoms with Gasteiger partial charge in [-0.25, -0.2) is 4.98 Å². The Morgan fingerprint density at radius 2 is 1.95 bits per heavy atom. The van der Waals surface area contributed by atoms with E-state index in [4.69, 9.17) is 4.74 Å². The SMILES string of the molecule is Cc1ccc(C(C)C)c(OCc2nc3ccccc3[nH]2)c1. The van der Waals surface area contributed by atoms with Gasteiger partial charge in [-0.05, 0) is 42.2 Å². The van der Waals surface area contributed by atoms with Crippen molar-refractivity contribution in [3.63, 3.8) is 0 Å². The first-order chi connectivity index (χ1) is 10.1. The minimum atomic E-state index is 0.441. The molecule has 0 radical (unpaired) electrons. The molecule has 0 amide bonds. The van der Waals surface area contributed by atoms with Crippen LogP contribution in [-0.2, 0) is 6.61 Å². The van der Waals surface area contributed by atoms with E-state index in [0.717, 1.165) is 22.6 Å². The number of hydrogen-bond acceptors (Lipinski definition) is 2. The normalized spacial score (nSPS) is 11.2. The number of rotatable bonds is 4. The molecule has 0 aliphatic rings. The summed E-state index contributed by atoms with van der Waals surface area (Å²) in [6, 6.07) is 14.4. The van der Waals surface area contributed by atoms with Gasteiger partial charge in [-0.3, -0.25) is 0 Å². The lowest BCUT2D eigenvalue weighted by molar-refractivity contribution is 0.293. The molecule has 0 aliphatic heterocycles. The molecule has 1 N–H and O–H groups in total. The molecule has 0 bridgehead atoms. The minimum Gasteiger partial charge on any atom is -0.485 e. The number of H-pyrrole nitrogens is 1. The second kappa shape index (κ2) is 5.60. The zero-order valence-corrected chi connectivity index (χ0v) is 12.7. The van der Waals surface area contributed by atoms with Crippen molar-refractivity contribution in [3.8, 4) is 5.75 Å². The number of aromatic nitrogens is 2. The molecular weight excluding hydrogens is 260 g/mol. The van der Waals surface area contributed by atoms with Crippen LogP contribution < -0.4 is 4.74 Å². The summed E-state index contributed by atoms with van der Waals surface area (Å²) in [4.78, 5) is 7.84. The Bertz CT molecular complexity index is 726. The molecule has 0 atom stereocenters. The van der Waals surface area contributed by atoms with Gasteiger partial charge in [0.1, 0.15) is 18.2 Å². The average molecular weight is 280 g/mol. The summed E-state index contributed by atoms with van der Waals surface area (Å²) >= 11 is 0. The van der Waals surface area contributed by atoms with Gasteiger partial charge in [-0.1, -0.05) is 38.1 Å². The van der Waals surface area contributed by atoms with Crippen LogP contribution in [0.5, 0.6) is 5.75 Å². The second-order valence-electron chi connectivity index (χ2n) is 5.69. The van der Waals surface area contributed by atoms with Crippen molar-refractivity contribution >= 4 is 11.0 Å². The maximum atomic E-state index is 6.00. The third kappa shape index (κ3) is 2.92. The molecule has 2 aromatic carbocycles. The summed E-state index contributed by atoms with van der Waals surface area (Å²) in [5.74, 6) is 2.24. The van der Waals surface area contributed by atoms with Gasteiger partial charge in [0.15, 0.2) is 0 Å². The Morgan fingerprint density at radius 1 is 1.14 bits per heavy atom. The highest BCUT2D eigenvalue weighted by molar-refractivity contribution is 5.74. The first-order valence-electron chi connectivity index (χ1n) is 7.30. The Morgan fingerprint density at radius 3 is 2.71 bits per heavy atom. The van der Waals surface area contributed by atoms with Gasteiger partial charge in [0.25, 0.3) is 0 Å². The van der Waals surface area contributed by atoms with Crippen molar-refractivity contribution in [1.29, 1.82) is 0 Å². The van der Waals surface area contributed by atoms with Gasteiger partial charge in [-0.2, -0.15) is 0 Å². The zero-order chi connectivity index (χ0) is 14.8. The summed E-state index contributed by atoms with van der Waals surface area (Å²) in [5.41, 5.74) is 4.46. The van der Waals surface area contributed by atoms with Gasteiger partial charge in [0.2, 0.25) is 0 Å². The maximum Gasteiger partial charge on any atom is 0.146 e. The highest BCUT2D eigenvalue weighted by atomic mass is 16.5. The maximum absolute atomic E-state index is 6.00. The van der Waals surface area contributed by atoms with E-state index in [1.807, 2.05) is 24.3 Å². The Balaban J connectivity index is 1.82. The van der Waals surface area contributed by atoms with Crippen molar-refractivity contribution in [2.45, 2.75) is 33.3 Å². The van der Waals surface area contributed by atoms with Crippen LogP contribution in [0.3, 0.4) is 0 Å². The molecule has 0 unspecified atom stereocenters. The number of hydrogen-bond donors (Lipinski definition) is 1. The first-order valence-corrected chi connectivity index (χ1v) is 7.30. The fourth-order valence-corrected chi connectivity index (χ4v) is 2.46. The van der Waals surface area contributed by atoms with Crippen LogP contribution in [-0.4, -0.2) is 9.97 Å². The highest BCUT2D eigenvalue weighted by Gasteiger charge is 2.09. The number of aryl methyl sites for hydroxylation is 1. The number of para-hydroxylation sites is 2. The lowest BCUT2D eigenvalue weighted by Crippen LogP contribution is -2.01. The number of benzene rings is 2. The number of ether oxygens (including phenoxy) is 1. The molecule has 3 aromatic rings. The minimum absolute atomic E-state index is 0.441. The van der Waals surface area contributed by atoms with Crippen LogP contribution in [0, 0.1) is 6.92 Å². The van der Waals surface area contributed by atoms with E-state index in [1.54, 1.807) is 0 Å². The second-order valence-corrected chi connectivity index (χ2v) is 5.69. The lowest BCUT2D eigenvalue weighted by Gasteiger charge is -2.14. The van der Waals surface area contributed by atoms with E-state index in [1.165, 1.54) is 11.1 Å². The highest BCUT2D eigenvalue weighted by Crippen LogP contribution is 2.28. The molecule has 0 saturated carbocycles. The lowest BCUT2D eigenvalue weighted by atomic mass is 10.0. The first kappa shape index (κ1) is 13.7. The molecule has 21 heavy (non-hydrogen) atoms. The van der Waals surface area contributed by atoms with E-state index in [2.05, 4.69) is 48.9 Å². The topological polar surface area (TPSA) is 37.9 Å². The van der Waals surface area contributed by atoms with Crippen molar-refractivity contribution in [3.05, 3.63) is 59.4 Å². The van der Waals surface area contributed by atoms with Crippen LogP contribution in [0.15, 0.2) is 42.5 Å². The summed E-state index contributed by atoms with van der Waals surface area (Å²) in [6.07, 6.45) is 0. The van der Waals surface area contributed by atoms with E-state index in [-0.39, 0.29) is 0 Å². The summed E-state index contributed by atoms with van der Waals surface area (Å²) in [7, 11) is 0. The number of aromatic amines is 1. The van der Waals surface area contributed by atoms with Gasteiger partial charge >= 0.3 is 0 Å². The van der Waals surface area contributed by atoms with Crippen LogP contribution in [0.25, 0.3) is 11.0 Å². The van der Waals surface area contributed by atoms with Crippen LogP contribution >= 0.6 is 0 Å². The predicted octanol–water partition coefficient (Wildman–Crippen LogP) is 4.57. The number of nitrogens with zero attached hydrogens (tertiary/aromatic N) is 1. The zero-order valence-electron chi connectivity index (χ0n) is 12.7. The van der Waals surface area contributed by atoms with Gasteiger partial charge in [0, 0.05) is 0 Å². The molecule has 1 heterocycles. The number of imidazole rings is 1. The third-order valence-electron chi connectivity index (χ3n) is 3.59. The molecule has 108 valence electrons. The van der Waals surface area contributed by atoms with Crippen molar-refractivity contribution < 1.29 is 4.74 Å². The number of fused-ring (bicyclic) bond motifs is 1. The molecule has 0 saturated heterocycles. The Hall–Kier alpha value is -2.29. The average Bonchev–Trinajstić information content (AvgIpc) is 2.87. The molecule has 0 aliphatic carbocycles. The summed E-state index contributed by atoms with van der Waals surface area (Å²) in [5, 5.41) is 0. The third-order valence-corrected chi connectivity index (χ3v) is 3.59. The Labute approximate surface area is 125 Å². The molecule has 3 heteroatoms. The van der Waals surface area contributed by atoms with E-state index >= 15 is 0 Å². The predicted molar refractivity (Wildman–Crippen MR) is 85.7 cm³/mol. The fourth-order valence-electron chi connectivity index (χ4n) is 2.46. The molecule has 0 fully saturated rings. The van der Waals surface area contributed by atoms with Crippen LogP contribution in [0.4, 0.5) is 0 Å². The van der Waals surface area contributed by atoms with Crippen molar-refractivity contribution in [1.82, 2.24) is 9.97 Å². The quantitative estimate of drug-likeness (QED) is 0.760. The Kier molecular flexibility index (Phi) is 3.65. The van der Waals surface area contributed by atoms with Crippen LogP contribution in [0.1, 0.15) is 36.7 Å². The number of nitrogens with one attached hydrogen (secondary N) is 1. The monoisotopic (exact) mass is 280 g/mol. The standard InChI is InChI=1S/C18H20N2O/c1-12(2)14-9-8-13(3)10-17(14)21-11-18-19-15-6-4-5-7-16(15)20-18/h4-10,12H,11H2,1-3H3,(H,19,20). The van der Waals surface area contributed by atoms with E-state index in [0.29, 0.717) is 12.5 Å². The molecule has 0 spiro atoms. The molecule has 1 aromatic heterocycles. The van der Waals surface area contributed by atoms with E-state index in [9.17, 15) is 0 Å². The van der Waals surface area contributed by atoms with Crippen molar-refractivity contribution in [2.75, 3.05) is 0 Å². The van der Waals surface area contributed by atoms with Gasteiger partial charge in [-0.15, -0.1) is 0 Å². The smallest absolute Gasteiger partial charge is 0.146 e. The summed E-state index contributed by atoms with van der Waals surface area (Å²) < 4.78 is 6.00.